The summed E-state index contributed by atoms with van der Waals surface area (Å²) in [5, 5.41) is 6.49. The number of aromatic nitrogens is 4. The zero-order chi connectivity index (χ0) is 32.4. The Labute approximate surface area is 271 Å². The molecule has 0 bridgehead atoms. The normalized spacial score (nSPS) is 13.3. The van der Waals surface area contributed by atoms with Crippen LogP contribution in [-0.4, -0.2) is 48.9 Å². The highest BCUT2D eigenvalue weighted by Crippen LogP contribution is 2.37. The zero-order valence-electron chi connectivity index (χ0n) is 27.4. The van der Waals surface area contributed by atoms with Gasteiger partial charge < -0.3 is 19.8 Å². The summed E-state index contributed by atoms with van der Waals surface area (Å²) < 4.78 is 3.82. The van der Waals surface area contributed by atoms with Gasteiger partial charge in [0.25, 0.3) is 11.8 Å². The Hall–Kier alpha value is -3.95. The maximum Gasteiger partial charge on any atom is 0.291 e. The molecule has 0 fully saturated rings. The fourth-order valence-electron chi connectivity index (χ4n) is 6.12. The number of nitrogens with zero attached hydrogens (tertiary/aromatic N) is 5. The first kappa shape index (κ1) is 32.4. The number of carbonyl (C=O) groups is 2. The summed E-state index contributed by atoms with van der Waals surface area (Å²) in [6, 6.07) is 11.3. The van der Waals surface area contributed by atoms with E-state index in [0.717, 1.165) is 84.8 Å². The first-order valence-corrected chi connectivity index (χ1v) is 16.2. The lowest BCUT2D eigenvalue weighted by Gasteiger charge is -2.24. The minimum atomic E-state index is -0.305. The van der Waals surface area contributed by atoms with Gasteiger partial charge in [0, 0.05) is 56.2 Å². The zero-order valence-corrected chi connectivity index (χ0v) is 28.2. The Kier molecular flexibility index (Phi) is 9.79. The third-order valence-electron chi connectivity index (χ3n) is 8.90. The molecule has 2 amide bonds. The summed E-state index contributed by atoms with van der Waals surface area (Å²) in [7, 11) is 3.81. The van der Waals surface area contributed by atoms with Crippen molar-refractivity contribution in [1.82, 2.24) is 24.0 Å². The smallest absolute Gasteiger partial charge is 0.291 e. The van der Waals surface area contributed by atoms with Crippen molar-refractivity contribution >= 4 is 34.8 Å². The van der Waals surface area contributed by atoms with Crippen LogP contribution in [0.15, 0.2) is 36.4 Å². The van der Waals surface area contributed by atoms with Gasteiger partial charge in [0.05, 0.1) is 22.1 Å². The Balaban J connectivity index is 1.38. The molecule has 238 valence electrons. The van der Waals surface area contributed by atoms with Crippen LogP contribution in [0.3, 0.4) is 0 Å². The van der Waals surface area contributed by atoms with Crippen LogP contribution >= 0.6 is 11.6 Å². The maximum atomic E-state index is 13.5. The number of carbonyl (C=O) groups excluding carboxylic acids is 2. The van der Waals surface area contributed by atoms with Crippen LogP contribution in [0.1, 0.15) is 83.7 Å². The lowest BCUT2D eigenvalue weighted by molar-refractivity contribution is 0.100. The number of likely N-dealkylation sites (N-methyl/N-ethyl adjacent to an activating group) is 1. The van der Waals surface area contributed by atoms with Crippen LogP contribution in [0.5, 0.6) is 0 Å². The molecule has 9 nitrogen and oxygen atoms in total. The third-order valence-corrected chi connectivity index (χ3v) is 9.30. The first-order valence-electron chi connectivity index (χ1n) is 15.9. The predicted molar refractivity (Wildman–Crippen MR) is 181 cm³/mol. The number of fused-ring (bicyclic) bond motifs is 1. The Morgan fingerprint density at radius 2 is 1.58 bits per heavy atom. The van der Waals surface area contributed by atoms with Gasteiger partial charge in [0.15, 0.2) is 11.6 Å². The molecule has 0 aliphatic carbocycles. The second-order valence-electron chi connectivity index (χ2n) is 12.2. The first-order chi connectivity index (χ1) is 21.5. The number of imidazole rings is 2. The van der Waals surface area contributed by atoms with E-state index in [0.29, 0.717) is 34.0 Å². The molecule has 3 heterocycles. The number of amides is 2. The fourth-order valence-corrected chi connectivity index (χ4v) is 6.40. The van der Waals surface area contributed by atoms with Gasteiger partial charge in [-0.2, -0.15) is 0 Å². The van der Waals surface area contributed by atoms with Crippen molar-refractivity contribution in [2.75, 3.05) is 23.7 Å². The van der Waals surface area contributed by atoms with Crippen molar-refractivity contribution in [3.8, 4) is 11.1 Å². The van der Waals surface area contributed by atoms with Crippen molar-refractivity contribution in [1.29, 1.82) is 0 Å². The summed E-state index contributed by atoms with van der Waals surface area (Å²) in [6.07, 6.45) is 3.56. The molecular weight excluding hydrogens is 586 g/mol. The van der Waals surface area contributed by atoms with Gasteiger partial charge in [-0.1, -0.05) is 63.6 Å². The number of hydrogen-bond acceptors (Lipinski definition) is 5. The van der Waals surface area contributed by atoms with E-state index < -0.39 is 0 Å². The average Bonchev–Trinajstić information content (AvgIpc) is 3.53. The summed E-state index contributed by atoms with van der Waals surface area (Å²) in [4.78, 5) is 38.6. The number of halogens is 1. The fraction of sp³-hybridized carbons (Fsp3) is 0.429. The highest BCUT2D eigenvalue weighted by Gasteiger charge is 2.26. The molecular formula is C35H44ClN7O2. The molecule has 4 aromatic rings. The summed E-state index contributed by atoms with van der Waals surface area (Å²) in [5.74, 6) is 0.777. The SMILES string of the molecule is CCc1nc(C(=O)Nc2cccc(-c3cccc(NC(=O)c4nc5c(n4C)CCN(CC)C5)c3Cl)c2C)n(C)c1CCC(C)C. The van der Waals surface area contributed by atoms with Crippen molar-refractivity contribution < 1.29 is 9.59 Å². The topological polar surface area (TPSA) is 97.1 Å². The second kappa shape index (κ2) is 13.6. The Morgan fingerprint density at radius 3 is 2.24 bits per heavy atom. The van der Waals surface area contributed by atoms with Gasteiger partial charge in [-0.3, -0.25) is 14.5 Å². The molecule has 2 aromatic heterocycles. The molecule has 0 radical (unpaired) electrons. The monoisotopic (exact) mass is 629 g/mol. The highest BCUT2D eigenvalue weighted by molar-refractivity contribution is 6.36. The van der Waals surface area contributed by atoms with Crippen LogP contribution in [0.4, 0.5) is 11.4 Å². The minimum absolute atomic E-state index is 0.254. The molecule has 45 heavy (non-hydrogen) atoms. The minimum Gasteiger partial charge on any atom is -0.327 e. The number of rotatable bonds is 10. The Morgan fingerprint density at radius 1 is 0.933 bits per heavy atom. The number of hydrogen-bond donors (Lipinski definition) is 2. The molecule has 2 N–H and O–H groups in total. The van der Waals surface area contributed by atoms with E-state index in [4.69, 9.17) is 16.6 Å². The van der Waals surface area contributed by atoms with E-state index in [1.54, 1.807) is 6.07 Å². The van der Waals surface area contributed by atoms with E-state index >= 15 is 0 Å². The van der Waals surface area contributed by atoms with Gasteiger partial charge in [0.2, 0.25) is 0 Å². The molecule has 1 aliphatic rings. The van der Waals surface area contributed by atoms with E-state index in [9.17, 15) is 9.59 Å². The predicted octanol–water partition coefficient (Wildman–Crippen LogP) is 6.82. The van der Waals surface area contributed by atoms with Crippen molar-refractivity contribution in [3.63, 3.8) is 0 Å². The molecule has 0 saturated carbocycles. The quantitative estimate of drug-likeness (QED) is 0.201. The maximum absolute atomic E-state index is 13.5. The number of nitrogens with one attached hydrogen (secondary N) is 2. The lowest BCUT2D eigenvalue weighted by atomic mass is 9.98. The van der Waals surface area contributed by atoms with E-state index in [2.05, 4.69) is 48.2 Å². The van der Waals surface area contributed by atoms with E-state index in [1.807, 2.05) is 60.5 Å². The molecule has 5 rings (SSSR count). The van der Waals surface area contributed by atoms with Crippen LogP contribution < -0.4 is 10.6 Å². The van der Waals surface area contributed by atoms with Gasteiger partial charge >= 0.3 is 0 Å². The molecule has 0 unspecified atom stereocenters. The number of anilines is 2. The molecule has 0 atom stereocenters. The van der Waals surface area contributed by atoms with E-state index in [1.165, 1.54) is 0 Å². The average molecular weight is 630 g/mol. The summed E-state index contributed by atoms with van der Waals surface area (Å²) in [6.45, 7) is 13.2. The van der Waals surface area contributed by atoms with Crippen LogP contribution in [0.2, 0.25) is 5.02 Å². The van der Waals surface area contributed by atoms with Crippen molar-refractivity contribution in [3.05, 3.63) is 81.4 Å². The van der Waals surface area contributed by atoms with Crippen LogP contribution in [-0.2, 0) is 39.9 Å². The van der Waals surface area contributed by atoms with Crippen molar-refractivity contribution in [2.45, 2.75) is 66.8 Å². The molecule has 1 aliphatic heterocycles. The van der Waals surface area contributed by atoms with Gasteiger partial charge in [0.1, 0.15) is 0 Å². The van der Waals surface area contributed by atoms with E-state index in [-0.39, 0.29) is 11.8 Å². The van der Waals surface area contributed by atoms with Gasteiger partial charge in [-0.05, 0) is 61.9 Å². The van der Waals surface area contributed by atoms with Crippen LogP contribution in [0, 0.1) is 12.8 Å². The molecule has 10 heteroatoms. The standard InChI is InChI=1S/C35H44ClN7O2/c1-8-25-29(17-16-21(3)4)41(6)32(37-25)34(44)39-26-14-10-12-23(22(26)5)24-13-11-15-27(31(24)36)40-35(45)33-38-28-20-43(9-2)19-18-30(28)42(33)7/h10-15,21H,8-9,16-20H2,1-7H3,(H,39,44)(H,40,45). The largest absolute Gasteiger partial charge is 0.327 e. The second-order valence-corrected chi connectivity index (χ2v) is 12.6. The lowest BCUT2D eigenvalue weighted by Crippen LogP contribution is -2.30. The van der Waals surface area contributed by atoms with Crippen LogP contribution in [0.25, 0.3) is 11.1 Å². The molecule has 0 spiro atoms. The molecule has 0 saturated heterocycles. The Bertz CT molecular complexity index is 1740. The third kappa shape index (κ3) is 6.56. The summed E-state index contributed by atoms with van der Waals surface area (Å²) >= 11 is 6.94. The van der Waals surface area contributed by atoms with Gasteiger partial charge in [-0.15, -0.1) is 0 Å². The highest BCUT2D eigenvalue weighted by atomic mass is 35.5. The molecule has 2 aromatic carbocycles. The number of benzene rings is 2. The summed E-state index contributed by atoms with van der Waals surface area (Å²) in [5.41, 5.74) is 7.77. The number of aryl methyl sites for hydroxylation is 1. The van der Waals surface area contributed by atoms with Gasteiger partial charge in [-0.25, -0.2) is 9.97 Å². The van der Waals surface area contributed by atoms with Crippen molar-refractivity contribution in [2.24, 2.45) is 20.0 Å².